The van der Waals surface area contributed by atoms with Gasteiger partial charge in [0.15, 0.2) is 0 Å². The van der Waals surface area contributed by atoms with Crippen molar-refractivity contribution in [1.29, 1.82) is 0 Å². The van der Waals surface area contributed by atoms with Crippen LogP contribution in [0.3, 0.4) is 0 Å². The summed E-state index contributed by atoms with van der Waals surface area (Å²) in [6.45, 7) is 0.816. The Balaban J connectivity index is 1.95. The summed E-state index contributed by atoms with van der Waals surface area (Å²) in [6, 6.07) is -0.341. The fraction of sp³-hybridized carbons (Fsp3) is 0.545. The molecule has 2 N–H and O–H groups in total. The van der Waals surface area contributed by atoms with Crippen molar-refractivity contribution in [3.8, 4) is 0 Å². The molecule has 1 aliphatic heterocycles. The van der Waals surface area contributed by atoms with Gasteiger partial charge in [-0.25, -0.2) is 0 Å². The van der Waals surface area contributed by atoms with Crippen molar-refractivity contribution in [3.63, 3.8) is 0 Å². The van der Waals surface area contributed by atoms with Gasteiger partial charge in [0.25, 0.3) is 0 Å². The van der Waals surface area contributed by atoms with Crippen LogP contribution in [0, 0.1) is 5.92 Å². The van der Waals surface area contributed by atoms with Crippen molar-refractivity contribution < 1.29 is 9.90 Å². The number of hydrogen-bond acceptors (Lipinski definition) is 2. The van der Waals surface area contributed by atoms with Crippen LogP contribution in [0.2, 0.25) is 0 Å². The standard InChI is InChI=1S/C11H15NO2/c13-11(14)10-6-9(7-12-10)8-4-2-1-3-5-8/h1-2,5,9-10,12H,3-4,6-7H2,(H,13,14)/t9-,10-/m0/s1. The lowest BCUT2D eigenvalue weighted by molar-refractivity contribution is -0.139. The molecule has 2 atom stereocenters. The van der Waals surface area contributed by atoms with Crippen LogP contribution in [0.1, 0.15) is 19.3 Å². The quantitative estimate of drug-likeness (QED) is 0.650. The molecular formula is C11H15NO2. The molecule has 0 aromatic carbocycles. The van der Waals surface area contributed by atoms with E-state index in [1.807, 2.05) is 0 Å². The second-order valence-electron chi connectivity index (χ2n) is 3.92. The number of carbonyl (C=O) groups is 1. The van der Waals surface area contributed by atoms with E-state index in [0.717, 1.165) is 25.8 Å². The molecule has 0 saturated carbocycles. The van der Waals surface area contributed by atoms with Crippen LogP contribution in [0.4, 0.5) is 0 Å². The van der Waals surface area contributed by atoms with Gasteiger partial charge in [-0.3, -0.25) is 4.79 Å². The van der Waals surface area contributed by atoms with E-state index in [1.165, 1.54) is 5.57 Å². The van der Waals surface area contributed by atoms with Crippen molar-refractivity contribution in [1.82, 2.24) is 5.32 Å². The molecule has 14 heavy (non-hydrogen) atoms. The Morgan fingerprint density at radius 3 is 2.93 bits per heavy atom. The van der Waals surface area contributed by atoms with Crippen LogP contribution in [-0.4, -0.2) is 23.7 Å². The second-order valence-corrected chi connectivity index (χ2v) is 3.92. The van der Waals surface area contributed by atoms with E-state index >= 15 is 0 Å². The maximum atomic E-state index is 10.7. The van der Waals surface area contributed by atoms with E-state index in [2.05, 4.69) is 23.5 Å². The Morgan fingerprint density at radius 2 is 2.36 bits per heavy atom. The largest absolute Gasteiger partial charge is 0.480 e. The molecule has 0 unspecified atom stereocenters. The van der Waals surface area contributed by atoms with Crippen LogP contribution in [0.5, 0.6) is 0 Å². The van der Waals surface area contributed by atoms with Crippen molar-refractivity contribution in [2.24, 2.45) is 5.92 Å². The summed E-state index contributed by atoms with van der Waals surface area (Å²) in [5, 5.41) is 11.9. The van der Waals surface area contributed by atoms with Crippen molar-refractivity contribution in [3.05, 3.63) is 23.8 Å². The Hall–Kier alpha value is -1.09. The number of rotatable bonds is 2. The monoisotopic (exact) mass is 193 g/mol. The third kappa shape index (κ3) is 1.87. The zero-order valence-corrected chi connectivity index (χ0v) is 8.07. The average molecular weight is 193 g/mol. The van der Waals surface area contributed by atoms with Crippen LogP contribution in [-0.2, 0) is 4.79 Å². The van der Waals surface area contributed by atoms with Crippen LogP contribution >= 0.6 is 0 Å². The number of carboxylic acid groups (broad SMARTS) is 1. The van der Waals surface area contributed by atoms with Gasteiger partial charge in [0.2, 0.25) is 0 Å². The van der Waals surface area contributed by atoms with E-state index in [1.54, 1.807) is 0 Å². The predicted molar refractivity (Wildman–Crippen MR) is 54.0 cm³/mol. The summed E-state index contributed by atoms with van der Waals surface area (Å²) < 4.78 is 0. The number of carboxylic acids is 1. The van der Waals surface area contributed by atoms with Gasteiger partial charge in [0, 0.05) is 6.54 Å². The molecule has 0 bridgehead atoms. The second kappa shape index (κ2) is 3.96. The predicted octanol–water partition coefficient (Wildman–Crippen LogP) is 1.33. The first-order chi connectivity index (χ1) is 6.77. The summed E-state index contributed by atoms with van der Waals surface area (Å²) in [7, 11) is 0. The van der Waals surface area contributed by atoms with Gasteiger partial charge in [0.05, 0.1) is 0 Å². The molecule has 1 aliphatic carbocycles. The van der Waals surface area contributed by atoms with Gasteiger partial charge >= 0.3 is 5.97 Å². The molecule has 2 aliphatic rings. The Morgan fingerprint density at radius 1 is 1.50 bits per heavy atom. The number of hydrogen-bond donors (Lipinski definition) is 2. The van der Waals surface area contributed by atoms with Gasteiger partial charge in [0.1, 0.15) is 6.04 Å². The molecular weight excluding hydrogens is 178 g/mol. The molecule has 0 amide bonds. The Bertz CT molecular complexity index is 294. The minimum absolute atomic E-state index is 0.341. The van der Waals surface area contributed by atoms with Crippen molar-refractivity contribution in [2.45, 2.75) is 25.3 Å². The molecule has 1 fully saturated rings. The van der Waals surface area contributed by atoms with E-state index in [0.29, 0.717) is 5.92 Å². The molecule has 1 heterocycles. The first kappa shape index (κ1) is 9.46. The normalized spacial score (nSPS) is 31.6. The molecule has 0 aromatic heterocycles. The zero-order valence-electron chi connectivity index (χ0n) is 8.07. The third-order valence-corrected chi connectivity index (χ3v) is 2.99. The average Bonchev–Trinajstić information content (AvgIpc) is 2.68. The smallest absolute Gasteiger partial charge is 0.320 e. The van der Waals surface area contributed by atoms with Gasteiger partial charge in [-0.05, 0) is 25.2 Å². The Kier molecular flexibility index (Phi) is 2.68. The number of nitrogens with one attached hydrogen (secondary N) is 1. The fourth-order valence-electron chi connectivity index (χ4n) is 2.16. The van der Waals surface area contributed by atoms with Crippen LogP contribution in [0.15, 0.2) is 23.8 Å². The molecule has 0 aromatic rings. The zero-order chi connectivity index (χ0) is 9.97. The topological polar surface area (TPSA) is 49.3 Å². The first-order valence-electron chi connectivity index (χ1n) is 5.07. The van der Waals surface area contributed by atoms with Crippen LogP contribution in [0.25, 0.3) is 0 Å². The highest BCUT2D eigenvalue weighted by atomic mass is 16.4. The highest BCUT2D eigenvalue weighted by molar-refractivity contribution is 5.74. The summed E-state index contributed by atoms with van der Waals surface area (Å²) in [5.41, 5.74) is 1.41. The maximum Gasteiger partial charge on any atom is 0.320 e. The highest BCUT2D eigenvalue weighted by Gasteiger charge is 2.30. The minimum atomic E-state index is -0.723. The maximum absolute atomic E-state index is 10.7. The third-order valence-electron chi connectivity index (χ3n) is 2.99. The highest BCUT2D eigenvalue weighted by Crippen LogP contribution is 2.27. The lowest BCUT2D eigenvalue weighted by atomic mass is 9.90. The summed E-state index contributed by atoms with van der Waals surface area (Å²) in [5.74, 6) is -0.291. The minimum Gasteiger partial charge on any atom is -0.480 e. The van der Waals surface area contributed by atoms with E-state index in [4.69, 9.17) is 5.11 Å². The van der Waals surface area contributed by atoms with Crippen molar-refractivity contribution >= 4 is 5.97 Å². The summed E-state index contributed by atoms with van der Waals surface area (Å²) >= 11 is 0. The lowest BCUT2D eigenvalue weighted by Gasteiger charge is -2.14. The number of allylic oxidation sites excluding steroid dienone is 3. The van der Waals surface area contributed by atoms with E-state index in [-0.39, 0.29) is 6.04 Å². The van der Waals surface area contributed by atoms with Gasteiger partial charge in [-0.2, -0.15) is 0 Å². The molecule has 2 rings (SSSR count). The fourth-order valence-corrected chi connectivity index (χ4v) is 2.16. The molecule has 0 radical (unpaired) electrons. The van der Waals surface area contributed by atoms with Gasteiger partial charge < -0.3 is 10.4 Å². The molecule has 3 heteroatoms. The molecule has 3 nitrogen and oxygen atoms in total. The van der Waals surface area contributed by atoms with Crippen LogP contribution < -0.4 is 5.32 Å². The van der Waals surface area contributed by atoms with Gasteiger partial charge in [-0.15, -0.1) is 0 Å². The summed E-state index contributed by atoms with van der Waals surface area (Å²) in [6.07, 6.45) is 9.30. The SMILES string of the molecule is O=C(O)[C@@H]1C[C@H](C2=CCC=CC2)CN1. The van der Waals surface area contributed by atoms with Crippen molar-refractivity contribution in [2.75, 3.05) is 6.54 Å². The molecule has 76 valence electrons. The van der Waals surface area contributed by atoms with E-state index < -0.39 is 5.97 Å². The summed E-state index contributed by atoms with van der Waals surface area (Å²) in [4.78, 5) is 10.7. The number of aliphatic carboxylic acids is 1. The molecule has 1 saturated heterocycles. The van der Waals surface area contributed by atoms with E-state index in [9.17, 15) is 4.79 Å². The first-order valence-corrected chi connectivity index (χ1v) is 5.07. The lowest BCUT2D eigenvalue weighted by Crippen LogP contribution is -2.29. The van der Waals surface area contributed by atoms with Gasteiger partial charge in [-0.1, -0.05) is 23.8 Å². The molecule has 0 spiro atoms. The Labute approximate surface area is 83.5 Å².